The Morgan fingerprint density at radius 3 is 2.39 bits per heavy atom. The number of aromatic nitrogens is 3. The Morgan fingerprint density at radius 1 is 0.935 bits per heavy atom. The number of pyridine rings is 1. The molecule has 7 nitrogen and oxygen atoms in total. The quantitative estimate of drug-likeness (QED) is 0.501. The number of carbonyl (C=O) groups excluding carboxylic acids is 2. The molecular weight excluding hydrogens is 390 g/mol. The molecule has 2 aromatic heterocycles. The molecule has 0 bridgehead atoms. The van der Waals surface area contributed by atoms with Gasteiger partial charge in [-0.05, 0) is 39.0 Å². The van der Waals surface area contributed by atoms with Crippen LogP contribution in [0.15, 0.2) is 60.7 Å². The number of carbonyl (C=O) groups is 2. The lowest BCUT2D eigenvalue weighted by atomic mass is 10.0. The lowest BCUT2D eigenvalue weighted by Gasteiger charge is -2.12. The summed E-state index contributed by atoms with van der Waals surface area (Å²) in [6.45, 7) is 5.78. The number of hydrogen-bond acceptors (Lipinski definition) is 4. The molecule has 2 N–H and O–H groups in total. The number of fused-ring (bicyclic) bond motifs is 1. The van der Waals surface area contributed by atoms with Gasteiger partial charge in [0, 0.05) is 16.6 Å². The monoisotopic (exact) mass is 413 g/mol. The highest BCUT2D eigenvalue weighted by molar-refractivity contribution is 6.07. The molecule has 156 valence electrons. The molecule has 31 heavy (non-hydrogen) atoms. The summed E-state index contributed by atoms with van der Waals surface area (Å²) in [7, 11) is 0. The Bertz CT molecular complexity index is 1280. The zero-order valence-corrected chi connectivity index (χ0v) is 17.6. The molecule has 7 heteroatoms. The van der Waals surface area contributed by atoms with Crippen molar-refractivity contribution in [2.45, 2.75) is 27.3 Å². The van der Waals surface area contributed by atoms with Gasteiger partial charge in [0.05, 0.1) is 22.5 Å². The number of para-hydroxylation sites is 1. The highest BCUT2D eigenvalue weighted by atomic mass is 16.2. The van der Waals surface area contributed by atoms with Crippen LogP contribution in [0.25, 0.3) is 22.2 Å². The fourth-order valence-electron chi connectivity index (χ4n) is 3.44. The van der Waals surface area contributed by atoms with Gasteiger partial charge in [-0.1, -0.05) is 48.0 Å². The zero-order valence-electron chi connectivity index (χ0n) is 17.6. The third kappa shape index (κ3) is 4.45. The first-order chi connectivity index (χ1) is 14.9. The van der Waals surface area contributed by atoms with Crippen LogP contribution in [0.5, 0.6) is 0 Å². The van der Waals surface area contributed by atoms with Crippen LogP contribution in [0.1, 0.15) is 27.3 Å². The number of rotatable bonds is 4. The van der Waals surface area contributed by atoms with Crippen molar-refractivity contribution >= 4 is 22.7 Å². The molecule has 0 spiro atoms. The fourth-order valence-corrected chi connectivity index (χ4v) is 3.44. The second-order valence-electron chi connectivity index (χ2n) is 7.53. The first kappa shape index (κ1) is 20.3. The standard InChI is InChI=1S/C24H23N5O2/c1-15-8-10-18(11-9-15)22-13-20(19-6-4-5-7-21(19)25-22)24(31)27-26-23(30)14-29-17(3)12-16(2)28-29/h4-13H,14H2,1-3H3,(H,26,30)(H,27,31). The second-order valence-corrected chi connectivity index (χ2v) is 7.53. The van der Waals surface area contributed by atoms with Crippen LogP contribution >= 0.6 is 0 Å². The van der Waals surface area contributed by atoms with E-state index in [9.17, 15) is 9.59 Å². The first-order valence-corrected chi connectivity index (χ1v) is 9.98. The minimum Gasteiger partial charge on any atom is -0.271 e. The molecule has 0 unspecified atom stereocenters. The van der Waals surface area contributed by atoms with E-state index in [4.69, 9.17) is 4.98 Å². The molecule has 0 aliphatic carbocycles. The number of nitrogens with one attached hydrogen (secondary N) is 2. The number of aryl methyl sites for hydroxylation is 3. The molecule has 0 aliphatic heterocycles. The van der Waals surface area contributed by atoms with Gasteiger partial charge in [-0.2, -0.15) is 5.10 Å². The minimum absolute atomic E-state index is 0.0195. The molecule has 2 heterocycles. The zero-order chi connectivity index (χ0) is 22.0. The second kappa shape index (κ2) is 8.39. The van der Waals surface area contributed by atoms with Gasteiger partial charge in [-0.25, -0.2) is 4.98 Å². The van der Waals surface area contributed by atoms with E-state index in [1.165, 1.54) is 0 Å². The summed E-state index contributed by atoms with van der Waals surface area (Å²) in [5.41, 5.74) is 10.6. The van der Waals surface area contributed by atoms with Crippen LogP contribution in [0.4, 0.5) is 0 Å². The van der Waals surface area contributed by atoms with Crippen LogP contribution in [-0.2, 0) is 11.3 Å². The van der Waals surface area contributed by atoms with Gasteiger partial charge in [0.25, 0.3) is 11.8 Å². The summed E-state index contributed by atoms with van der Waals surface area (Å²) in [5, 5.41) is 4.97. The van der Waals surface area contributed by atoms with E-state index >= 15 is 0 Å². The summed E-state index contributed by atoms with van der Waals surface area (Å²) >= 11 is 0. The maximum atomic E-state index is 12.9. The van der Waals surface area contributed by atoms with Crippen LogP contribution in [0, 0.1) is 20.8 Å². The minimum atomic E-state index is -0.409. The van der Waals surface area contributed by atoms with Gasteiger partial charge >= 0.3 is 0 Å². The summed E-state index contributed by atoms with van der Waals surface area (Å²) in [4.78, 5) is 29.9. The Labute approximate surface area is 180 Å². The van der Waals surface area contributed by atoms with E-state index in [2.05, 4.69) is 16.0 Å². The van der Waals surface area contributed by atoms with Crippen molar-refractivity contribution in [3.05, 3.63) is 83.2 Å². The van der Waals surface area contributed by atoms with Gasteiger partial charge in [0.15, 0.2) is 0 Å². The average Bonchev–Trinajstić information content (AvgIpc) is 3.08. The largest absolute Gasteiger partial charge is 0.271 e. The molecular formula is C24H23N5O2. The summed E-state index contributed by atoms with van der Waals surface area (Å²) in [5.74, 6) is -0.773. The van der Waals surface area contributed by atoms with E-state index in [-0.39, 0.29) is 12.5 Å². The molecule has 0 aliphatic rings. The first-order valence-electron chi connectivity index (χ1n) is 9.98. The van der Waals surface area contributed by atoms with Gasteiger partial charge in [0.2, 0.25) is 0 Å². The van der Waals surface area contributed by atoms with Crippen LogP contribution in [0.3, 0.4) is 0 Å². The maximum Gasteiger partial charge on any atom is 0.270 e. The Balaban J connectivity index is 1.57. The lowest BCUT2D eigenvalue weighted by Crippen LogP contribution is -2.43. The number of hydrogen-bond donors (Lipinski definition) is 2. The van der Waals surface area contributed by atoms with Crippen LogP contribution < -0.4 is 10.9 Å². The molecule has 0 radical (unpaired) electrons. The van der Waals surface area contributed by atoms with Crippen LogP contribution in [0.2, 0.25) is 0 Å². The van der Waals surface area contributed by atoms with Gasteiger partial charge in [-0.15, -0.1) is 0 Å². The van der Waals surface area contributed by atoms with Crippen molar-refractivity contribution in [2.75, 3.05) is 0 Å². The van der Waals surface area contributed by atoms with Crippen LogP contribution in [-0.4, -0.2) is 26.6 Å². The molecule has 0 saturated carbocycles. The Hall–Kier alpha value is -4.00. The van der Waals surface area contributed by atoms with E-state index < -0.39 is 5.91 Å². The van der Waals surface area contributed by atoms with E-state index in [1.54, 1.807) is 10.7 Å². The number of amides is 2. The van der Waals surface area contributed by atoms with Crippen molar-refractivity contribution in [3.8, 4) is 11.3 Å². The molecule has 4 rings (SSSR count). The van der Waals surface area contributed by atoms with Crippen molar-refractivity contribution < 1.29 is 9.59 Å². The summed E-state index contributed by atoms with van der Waals surface area (Å²) in [6.07, 6.45) is 0. The van der Waals surface area contributed by atoms with Crippen molar-refractivity contribution in [2.24, 2.45) is 0 Å². The Kier molecular flexibility index (Phi) is 5.49. The smallest absolute Gasteiger partial charge is 0.270 e. The summed E-state index contributed by atoms with van der Waals surface area (Å²) in [6, 6.07) is 19.0. The Morgan fingerprint density at radius 2 is 1.68 bits per heavy atom. The van der Waals surface area contributed by atoms with Crippen molar-refractivity contribution in [3.63, 3.8) is 0 Å². The molecule has 2 aromatic carbocycles. The third-order valence-corrected chi connectivity index (χ3v) is 5.02. The predicted molar refractivity (Wildman–Crippen MR) is 119 cm³/mol. The fraction of sp³-hybridized carbons (Fsp3) is 0.167. The average molecular weight is 413 g/mol. The lowest BCUT2D eigenvalue weighted by molar-refractivity contribution is -0.122. The molecule has 0 fully saturated rings. The van der Waals surface area contributed by atoms with Crippen molar-refractivity contribution in [1.29, 1.82) is 0 Å². The highest BCUT2D eigenvalue weighted by Gasteiger charge is 2.15. The SMILES string of the molecule is Cc1ccc(-c2cc(C(=O)NNC(=O)Cn3nc(C)cc3C)c3ccccc3n2)cc1. The number of hydrazine groups is 1. The van der Waals surface area contributed by atoms with E-state index in [1.807, 2.05) is 75.4 Å². The van der Waals surface area contributed by atoms with Gasteiger partial charge in [-0.3, -0.25) is 25.1 Å². The predicted octanol–water partition coefficient (Wildman–Crippen LogP) is 3.48. The molecule has 4 aromatic rings. The van der Waals surface area contributed by atoms with Gasteiger partial charge in [0.1, 0.15) is 6.54 Å². The molecule has 0 saturated heterocycles. The summed E-state index contributed by atoms with van der Waals surface area (Å²) < 4.78 is 1.59. The van der Waals surface area contributed by atoms with Gasteiger partial charge < -0.3 is 0 Å². The topological polar surface area (TPSA) is 88.9 Å². The normalized spacial score (nSPS) is 10.8. The number of benzene rings is 2. The van der Waals surface area contributed by atoms with Crippen molar-refractivity contribution in [1.82, 2.24) is 25.6 Å². The molecule has 2 amide bonds. The highest BCUT2D eigenvalue weighted by Crippen LogP contribution is 2.25. The third-order valence-electron chi connectivity index (χ3n) is 5.02. The van der Waals surface area contributed by atoms with E-state index in [0.717, 1.165) is 22.5 Å². The number of nitrogens with zero attached hydrogens (tertiary/aromatic N) is 3. The maximum absolute atomic E-state index is 12.9. The molecule has 0 atom stereocenters. The van der Waals surface area contributed by atoms with E-state index in [0.29, 0.717) is 22.2 Å².